The van der Waals surface area contributed by atoms with Gasteiger partial charge in [0.1, 0.15) is 11.6 Å². The Bertz CT molecular complexity index is 1400. The molecule has 0 bridgehead atoms. The maximum absolute atomic E-state index is 5.49. The van der Waals surface area contributed by atoms with Crippen LogP contribution in [0.4, 0.5) is 17.3 Å². The smallest absolute Gasteiger partial charge is 0.162 e. The van der Waals surface area contributed by atoms with Crippen molar-refractivity contribution in [2.24, 2.45) is 0 Å². The summed E-state index contributed by atoms with van der Waals surface area (Å²) in [5.41, 5.74) is 4.03. The number of hydrogen-bond donors (Lipinski definition) is 2. The van der Waals surface area contributed by atoms with E-state index in [4.69, 9.17) is 14.7 Å². The van der Waals surface area contributed by atoms with E-state index >= 15 is 0 Å². The molecule has 4 aromatic rings. The zero-order valence-corrected chi connectivity index (χ0v) is 20.8. The van der Waals surface area contributed by atoms with Gasteiger partial charge in [0.25, 0.3) is 0 Å². The van der Waals surface area contributed by atoms with Gasteiger partial charge in [-0.1, -0.05) is 0 Å². The molecule has 0 radical (unpaired) electrons. The van der Waals surface area contributed by atoms with Crippen molar-refractivity contribution in [3.05, 3.63) is 48.7 Å². The minimum atomic E-state index is 0.382. The molecule has 6 heterocycles. The van der Waals surface area contributed by atoms with Crippen molar-refractivity contribution in [2.75, 3.05) is 49.6 Å². The second-order valence-electron chi connectivity index (χ2n) is 10.1. The lowest BCUT2D eigenvalue weighted by atomic mass is 10.1. The first kappa shape index (κ1) is 22.6. The first-order valence-electron chi connectivity index (χ1n) is 13.3. The van der Waals surface area contributed by atoms with E-state index in [-0.39, 0.29) is 0 Å². The Balaban J connectivity index is 1.22. The molecule has 3 fully saturated rings. The Morgan fingerprint density at radius 3 is 2.70 bits per heavy atom. The summed E-state index contributed by atoms with van der Waals surface area (Å²) in [5, 5.41) is 12.6. The number of pyridine rings is 2. The van der Waals surface area contributed by atoms with Crippen LogP contribution >= 0.6 is 0 Å². The molecule has 7 rings (SSSR count). The average molecular weight is 498 g/mol. The van der Waals surface area contributed by atoms with Crippen molar-refractivity contribution in [3.63, 3.8) is 0 Å². The molecule has 190 valence electrons. The number of piperazine rings is 1. The van der Waals surface area contributed by atoms with Gasteiger partial charge in [0, 0.05) is 68.9 Å². The van der Waals surface area contributed by atoms with Crippen molar-refractivity contribution in [3.8, 4) is 11.4 Å². The van der Waals surface area contributed by atoms with Gasteiger partial charge >= 0.3 is 0 Å². The quantitative estimate of drug-likeness (QED) is 0.413. The lowest BCUT2D eigenvalue weighted by Crippen LogP contribution is -2.44. The Morgan fingerprint density at radius 1 is 1.00 bits per heavy atom. The van der Waals surface area contributed by atoms with Crippen LogP contribution in [0.2, 0.25) is 0 Å². The zero-order chi connectivity index (χ0) is 24.6. The molecule has 2 aliphatic heterocycles. The largest absolute Gasteiger partial charge is 0.381 e. The SMILES string of the molecule is c1cc(-c2nc(N3CCNCC3)c3c(C4CC4)cncc3n2)cc(Nc2cnn(C3CCOCC3)c2)n1. The predicted molar refractivity (Wildman–Crippen MR) is 142 cm³/mol. The zero-order valence-electron chi connectivity index (χ0n) is 20.8. The summed E-state index contributed by atoms with van der Waals surface area (Å²) >= 11 is 0. The molecule has 0 unspecified atom stereocenters. The second kappa shape index (κ2) is 9.68. The Kier molecular flexibility index (Phi) is 5.90. The van der Waals surface area contributed by atoms with Crippen LogP contribution in [-0.2, 0) is 4.74 Å². The van der Waals surface area contributed by atoms with Crippen molar-refractivity contribution >= 4 is 28.2 Å². The van der Waals surface area contributed by atoms with E-state index in [9.17, 15) is 0 Å². The third kappa shape index (κ3) is 4.62. The van der Waals surface area contributed by atoms with E-state index in [1.165, 1.54) is 18.4 Å². The molecule has 4 aromatic heterocycles. The van der Waals surface area contributed by atoms with Crippen molar-refractivity contribution in [1.82, 2.24) is 35.0 Å². The van der Waals surface area contributed by atoms with Gasteiger partial charge in [-0.15, -0.1) is 0 Å². The van der Waals surface area contributed by atoms with Gasteiger partial charge in [-0.2, -0.15) is 5.10 Å². The lowest BCUT2D eigenvalue weighted by molar-refractivity contribution is 0.0662. The van der Waals surface area contributed by atoms with Crippen LogP contribution in [-0.4, -0.2) is 69.1 Å². The van der Waals surface area contributed by atoms with E-state index in [1.54, 1.807) is 6.20 Å². The maximum Gasteiger partial charge on any atom is 0.162 e. The van der Waals surface area contributed by atoms with Gasteiger partial charge in [-0.05, 0) is 49.3 Å². The summed E-state index contributed by atoms with van der Waals surface area (Å²) < 4.78 is 7.52. The third-order valence-corrected chi connectivity index (χ3v) is 7.51. The molecule has 0 aromatic carbocycles. The van der Waals surface area contributed by atoms with Gasteiger partial charge in [-0.25, -0.2) is 15.0 Å². The van der Waals surface area contributed by atoms with E-state index in [0.29, 0.717) is 17.8 Å². The van der Waals surface area contributed by atoms with E-state index in [1.807, 2.05) is 41.6 Å². The number of nitrogens with one attached hydrogen (secondary N) is 2. The Labute approximate surface area is 215 Å². The molecule has 2 N–H and O–H groups in total. The van der Waals surface area contributed by atoms with Gasteiger partial charge in [0.15, 0.2) is 5.82 Å². The highest BCUT2D eigenvalue weighted by Crippen LogP contribution is 2.44. The molecule has 3 aliphatic rings. The van der Waals surface area contributed by atoms with Crippen LogP contribution in [0.25, 0.3) is 22.3 Å². The summed E-state index contributed by atoms with van der Waals surface area (Å²) in [6.07, 6.45) is 14.0. The molecule has 10 nitrogen and oxygen atoms in total. The fourth-order valence-electron chi connectivity index (χ4n) is 5.37. The van der Waals surface area contributed by atoms with Crippen LogP contribution in [0.5, 0.6) is 0 Å². The summed E-state index contributed by atoms with van der Waals surface area (Å²) in [6, 6.07) is 4.36. The first-order chi connectivity index (χ1) is 18.3. The van der Waals surface area contributed by atoms with Crippen molar-refractivity contribution in [2.45, 2.75) is 37.6 Å². The molecule has 2 saturated heterocycles. The predicted octanol–water partition coefficient (Wildman–Crippen LogP) is 3.67. The average Bonchev–Trinajstić information content (AvgIpc) is 3.71. The van der Waals surface area contributed by atoms with Crippen LogP contribution in [0.15, 0.2) is 43.1 Å². The summed E-state index contributed by atoms with van der Waals surface area (Å²) in [6.45, 7) is 5.34. The fourth-order valence-corrected chi connectivity index (χ4v) is 5.37. The molecule has 0 amide bonds. The van der Waals surface area contributed by atoms with Crippen LogP contribution in [0.3, 0.4) is 0 Å². The van der Waals surface area contributed by atoms with E-state index < -0.39 is 0 Å². The molecule has 0 atom stereocenters. The summed E-state index contributed by atoms with van der Waals surface area (Å²) in [7, 11) is 0. The van der Waals surface area contributed by atoms with Crippen LogP contribution < -0.4 is 15.5 Å². The number of anilines is 3. The molecule has 0 spiro atoms. The molecule has 1 saturated carbocycles. The fraction of sp³-hybridized carbons (Fsp3) is 0.444. The number of rotatable bonds is 6. The van der Waals surface area contributed by atoms with Gasteiger partial charge < -0.3 is 20.3 Å². The minimum absolute atomic E-state index is 0.382. The highest BCUT2D eigenvalue weighted by atomic mass is 16.5. The maximum atomic E-state index is 5.49. The first-order valence-corrected chi connectivity index (χ1v) is 13.3. The number of ether oxygens (including phenoxy) is 1. The number of aromatic nitrogens is 6. The summed E-state index contributed by atoms with van der Waals surface area (Å²) in [5.74, 6) is 3.03. The summed E-state index contributed by atoms with van der Waals surface area (Å²) in [4.78, 5) is 21.6. The monoisotopic (exact) mass is 497 g/mol. The van der Waals surface area contributed by atoms with Crippen LogP contribution in [0, 0.1) is 0 Å². The number of fused-ring (bicyclic) bond motifs is 1. The third-order valence-electron chi connectivity index (χ3n) is 7.51. The highest BCUT2D eigenvalue weighted by molar-refractivity contribution is 5.94. The molecule has 10 heteroatoms. The molecule has 37 heavy (non-hydrogen) atoms. The highest BCUT2D eigenvalue weighted by Gasteiger charge is 2.29. The van der Waals surface area contributed by atoms with Crippen molar-refractivity contribution < 1.29 is 4.74 Å². The number of nitrogens with zero attached hydrogens (tertiary/aromatic N) is 7. The molecular weight excluding hydrogens is 466 g/mol. The van der Waals surface area contributed by atoms with Gasteiger partial charge in [0.05, 0.1) is 29.6 Å². The molecular formula is C27H31N9O. The number of hydrogen-bond acceptors (Lipinski definition) is 9. The normalized spacial score (nSPS) is 18.9. The lowest BCUT2D eigenvalue weighted by Gasteiger charge is -2.30. The van der Waals surface area contributed by atoms with Crippen LogP contribution in [0.1, 0.15) is 43.2 Å². The van der Waals surface area contributed by atoms with Gasteiger partial charge in [-0.3, -0.25) is 9.67 Å². The van der Waals surface area contributed by atoms with E-state index in [0.717, 1.165) is 86.0 Å². The standard InChI is InChI=1S/C27H31N9O/c1-2-18(1)22-15-29-16-23-25(22)27(35-9-7-28-8-10-35)34-26(33-23)19-3-6-30-24(13-19)32-20-14-31-36(17-20)21-4-11-37-12-5-21/h3,6,13-18,21,28H,1-2,4-5,7-12H2,(H,30,32). The minimum Gasteiger partial charge on any atom is -0.381 e. The van der Waals surface area contributed by atoms with E-state index in [2.05, 4.69) is 30.6 Å². The Hall–Kier alpha value is -3.63. The Morgan fingerprint density at radius 2 is 1.86 bits per heavy atom. The molecule has 1 aliphatic carbocycles. The topological polar surface area (TPSA) is 106 Å². The second-order valence-corrected chi connectivity index (χ2v) is 10.1. The van der Waals surface area contributed by atoms with Crippen molar-refractivity contribution in [1.29, 1.82) is 0 Å². The van der Waals surface area contributed by atoms with Gasteiger partial charge in [0.2, 0.25) is 0 Å².